The zero-order valence-corrected chi connectivity index (χ0v) is 8.32. The molecule has 0 saturated heterocycles. The maximum atomic E-state index is 11.1. The third-order valence-electron chi connectivity index (χ3n) is 1.80. The molecule has 76 valence electrons. The van der Waals surface area contributed by atoms with E-state index in [4.69, 9.17) is 17.3 Å². The second-order valence-electron chi connectivity index (χ2n) is 2.84. The minimum atomic E-state index is -0.544. The number of H-pyrrole nitrogens is 1. The average Bonchev–Trinajstić information content (AvgIpc) is 2.16. The van der Waals surface area contributed by atoms with Crippen molar-refractivity contribution in [3.8, 4) is 11.4 Å². The zero-order chi connectivity index (χ0) is 10.8. The lowest BCUT2D eigenvalue weighted by Crippen LogP contribution is -2.15. The molecule has 5 nitrogen and oxygen atoms in total. The first-order chi connectivity index (χ1) is 7.16. The number of nitrogen functional groups attached to an aromatic ring is 1. The molecule has 0 unspecified atom stereocenters. The lowest BCUT2D eigenvalue weighted by Gasteiger charge is -2.02. The van der Waals surface area contributed by atoms with E-state index in [0.29, 0.717) is 16.4 Å². The highest BCUT2D eigenvalue weighted by Crippen LogP contribution is 2.23. The van der Waals surface area contributed by atoms with Gasteiger partial charge in [0.05, 0.1) is 5.02 Å². The number of anilines is 1. The van der Waals surface area contributed by atoms with Crippen LogP contribution < -0.4 is 11.4 Å². The second-order valence-corrected chi connectivity index (χ2v) is 3.25. The van der Waals surface area contributed by atoms with Crippen molar-refractivity contribution >= 4 is 17.5 Å². The highest BCUT2D eigenvalue weighted by molar-refractivity contribution is 6.33. The Kier molecular flexibility index (Phi) is 2.39. The largest absolute Gasteiger partial charge is 0.368 e. The molecule has 0 saturated carbocycles. The molecule has 0 aliphatic rings. The number of aromatic nitrogens is 3. The first-order valence-corrected chi connectivity index (χ1v) is 4.53. The van der Waals surface area contributed by atoms with Gasteiger partial charge in [0.25, 0.3) is 0 Å². The highest BCUT2D eigenvalue weighted by Gasteiger charge is 2.06. The molecule has 0 aliphatic carbocycles. The summed E-state index contributed by atoms with van der Waals surface area (Å²) in [5, 5.41) is 0.492. The number of hydrogen-bond donors (Lipinski definition) is 2. The molecule has 3 N–H and O–H groups in total. The van der Waals surface area contributed by atoms with Crippen molar-refractivity contribution in [3.05, 3.63) is 39.8 Å². The van der Waals surface area contributed by atoms with E-state index in [9.17, 15) is 4.79 Å². The van der Waals surface area contributed by atoms with Crippen LogP contribution in [-0.4, -0.2) is 15.0 Å². The Labute approximate surface area is 90.0 Å². The van der Waals surface area contributed by atoms with Gasteiger partial charge in [-0.05, 0) is 12.1 Å². The number of nitrogens with one attached hydrogen (secondary N) is 1. The summed E-state index contributed by atoms with van der Waals surface area (Å²) < 4.78 is 0. The molecule has 2 rings (SSSR count). The molecule has 0 atom stereocenters. The molecule has 1 aromatic carbocycles. The monoisotopic (exact) mass is 222 g/mol. The van der Waals surface area contributed by atoms with Crippen molar-refractivity contribution in [2.24, 2.45) is 0 Å². The molecule has 0 fully saturated rings. The van der Waals surface area contributed by atoms with Crippen LogP contribution in [0.3, 0.4) is 0 Å². The lowest BCUT2D eigenvalue weighted by atomic mass is 10.2. The van der Waals surface area contributed by atoms with Crippen LogP contribution in [-0.2, 0) is 0 Å². The van der Waals surface area contributed by atoms with Crippen LogP contribution in [0.1, 0.15) is 0 Å². The van der Waals surface area contributed by atoms with Gasteiger partial charge >= 0.3 is 5.69 Å². The van der Waals surface area contributed by atoms with Crippen LogP contribution in [0, 0.1) is 0 Å². The van der Waals surface area contributed by atoms with Crippen molar-refractivity contribution in [2.45, 2.75) is 0 Å². The minimum Gasteiger partial charge on any atom is -0.368 e. The molecule has 15 heavy (non-hydrogen) atoms. The first-order valence-electron chi connectivity index (χ1n) is 4.15. The van der Waals surface area contributed by atoms with Crippen molar-refractivity contribution in [3.63, 3.8) is 0 Å². The molecular weight excluding hydrogens is 216 g/mol. The van der Waals surface area contributed by atoms with E-state index in [1.54, 1.807) is 24.3 Å². The van der Waals surface area contributed by atoms with Gasteiger partial charge in [-0.2, -0.15) is 9.97 Å². The van der Waals surface area contributed by atoms with Crippen molar-refractivity contribution < 1.29 is 0 Å². The predicted molar refractivity (Wildman–Crippen MR) is 57.5 cm³/mol. The fourth-order valence-electron chi connectivity index (χ4n) is 1.18. The average molecular weight is 223 g/mol. The van der Waals surface area contributed by atoms with Crippen LogP contribution >= 0.6 is 11.6 Å². The van der Waals surface area contributed by atoms with Gasteiger partial charge in [0.15, 0.2) is 0 Å². The number of halogens is 1. The molecule has 6 heteroatoms. The van der Waals surface area contributed by atoms with E-state index in [1.807, 2.05) is 0 Å². The standard InChI is InChI=1S/C9H7ClN4O/c10-6-4-2-1-3-5(6)7-12-8(11)14-9(15)13-7/h1-4H,(H3,11,12,13,14,15). The molecule has 1 heterocycles. The van der Waals surface area contributed by atoms with Gasteiger partial charge in [-0.15, -0.1) is 0 Å². The van der Waals surface area contributed by atoms with Gasteiger partial charge in [0.2, 0.25) is 5.95 Å². The van der Waals surface area contributed by atoms with E-state index < -0.39 is 5.69 Å². The minimum absolute atomic E-state index is 0.0753. The number of aromatic amines is 1. The van der Waals surface area contributed by atoms with Gasteiger partial charge in [-0.3, -0.25) is 4.98 Å². The molecule has 0 spiro atoms. The first kappa shape index (κ1) is 9.67. The van der Waals surface area contributed by atoms with E-state index in [-0.39, 0.29) is 5.95 Å². The third kappa shape index (κ3) is 1.97. The Morgan fingerprint density at radius 1 is 1.27 bits per heavy atom. The van der Waals surface area contributed by atoms with Gasteiger partial charge in [0, 0.05) is 5.56 Å². The molecule has 0 bridgehead atoms. The molecular formula is C9H7ClN4O. The Hall–Kier alpha value is -1.88. The van der Waals surface area contributed by atoms with Crippen molar-refractivity contribution in [1.29, 1.82) is 0 Å². The summed E-state index contributed by atoms with van der Waals surface area (Å²) >= 11 is 5.94. The fraction of sp³-hybridized carbons (Fsp3) is 0. The smallest absolute Gasteiger partial charge is 0.349 e. The van der Waals surface area contributed by atoms with E-state index in [0.717, 1.165) is 0 Å². The van der Waals surface area contributed by atoms with E-state index in [1.165, 1.54) is 0 Å². The zero-order valence-electron chi connectivity index (χ0n) is 7.57. The summed E-state index contributed by atoms with van der Waals surface area (Å²) in [5.74, 6) is 0.242. The number of hydrogen-bond acceptors (Lipinski definition) is 4. The quantitative estimate of drug-likeness (QED) is 0.756. The van der Waals surface area contributed by atoms with E-state index in [2.05, 4.69) is 15.0 Å². The predicted octanol–water partition coefficient (Wildman–Crippen LogP) is 1.07. The third-order valence-corrected chi connectivity index (χ3v) is 2.13. The SMILES string of the molecule is Nc1nc(-c2ccccc2Cl)[nH]c(=O)n1. The summed E-state index contributed by atoms with van der Waals surface area (Å²) in [6.07, 6.45) is 0. The highest BCUT2D eigenvalue weighted by atomic mass is 35.5. The molecule has 0 aliphatic heterocycles. The van der Waals surface area contributed by atoms with E-state index >= 15 is 0 Å². The molecule has 1 aromatic heterocycles. The number of rotatable bonds is 1. The summed E-state index contributed by atoms with van der Waals surface area (Å²) in [7, 11) is 0. The van der Waals surface area contributed by atoms with Gasteiger partial charge in [-0.1, -0.05) is 23.7 Å². The summed E-state index contributed by atoms with van der Waals surface area (Å²) in [5.41, 5.74) is 5.43. The molecule has 2 aromatic rings. The van der Waals surface area contributed by atoms with Crippen LogP contribution in [0.25, 0.3) is 11.4 Å². The Morgan fingerprint density at radius 3 is 2.67 bits per heavy atom. The van der Waals surface area contributed by atoms with Crippen molar-refractivity contribution in [2.75, 3.05) is 5.73 Å². The van der Waals surface area contributed by atoms with Gasteiger partial charge in [0.1, 0.15) is 5.82 Å². The summed E-state index contributed by atoms with van der Waals surface area (Å²) in [6, 6.07) is 7.01. The van der Waals surface area contributed by atoms with Crippen LogP contribution in [0.4, 0.5) is 5.95 Å². The second kappa shape index (κ2) is 3.70. The summed E-state index contributed by atoms with van der Waals surface area (Å²) in [4.78, 5) is 20.8. The van der Waals surface area contributed by atoms with Gasteiger partial charge < -0.3 is 5.73 Å². The van der Waals surface area contributed by atoms with Crippen LogP contribution in [0.5, 0.6) is 0 Å². The molecule has 0 radical (unpaired) electrons. The normalized spacial score (nSPS) is 10.2. The van der Waals surface area contributed by atoms with Crippen LogP contribution in [0.2, 0.25) is 5.02 Å². The van der Waals surface area contributed by atoms with Crippen molar-refractivity contribution in [1.82, 2.24) is 15.0 Å². The maximum Gasteiger partial charge on any atom is 0.349 e. The number of nitrogens with zero attached hydrogens (tertiary/aromatic N) is 2. The summed E-state index contributed by atoms with van der Waals surface area (Å²) in [6.45, 7) is 0. The number of benzene rings is 1. The van der Waals surface area contributed by atoms with Gasteiger partial charge in [-0.25, -0.2) is 4.79 Å². The molecule has 0 amide bonds. The van der Waals surface area contributed by atoms with Crippen LogP contribution in [0.15, 0.2) is 29.1 Å². The maximum absolute atomic E-state index is 11.1. The number of nitrogens with two attached hydrogens (primary N) is 1. The Morgan fingerprint density at radius 2 is 2.00 bits per heavy atom. The fourth-order valence-corrected chi connectivity index (χ4v) is 1.41. The topological polar surface area (TPSA) is 84.7 Å². The Bertz CT molecular complexity index is 552. The lowest BCUT2D eigenvalue weighted by molar-refractivity contribution is 1.01. The Balaban J connectivity index is 2.64.